The van der Waals surface area contributed by atoms with Crippen molar-refractivity contribution in [2.45, 2.75) is 71.5 Å². The predicted octanol–water partition coefficient (Wildman–Crippen LogP) is 10.4. The second-order valence-electron chi connectivity index (χ2n) is 15.1. The van der Waals surface area contributed by atoms with E-state index >= 15 is 0 Å². The Morgan fingerprint density at radius 3 is 2.05 bits per heavy atom. The summed E-state index contributed by atoms with van der Waals surface area (Å²) in [4.78, 5) is 0. The van der Waals surface area contributed by atoms with Crippen LogP contribution in [0.25, 0.3) is 23.3 Å². The number of hydrogen-bond donors (Lipinski definition) is 0. The number of rotatable bonds is 9. The van der Waals surface area contributed by atoms with Gasteiger partial charge in [0.25, 0.3) is 0 Å². The van der Waals surface area contributed by atoms with Crippen LogP contribution in [0.3, 0.4) is 0 Å². The van der Waals surface area contributed by atoms with Gasteiger partial charge in [0.05, 0.1) is 0 Å². The average molecular weight is 673 g/mol. The fourth-order valence-corrected chi connectivity index (χ4v) is 65.6. The van der Waals surface area contributed by atoms with Crippen molar-refractivity contribution >= 4 is 19.1 Å². The van der Waals surface area contributed by atoms with E-state index in [-0.39, 0.29) is 0 Å². The quantitative estimate of drug-likeness (QED) is 0.199. The molecule has 5 rings (SSSR count). The van der Waals surface area contributed by atoms with Crippen LogP contribution < -0.4 is 0 Å². The number of benzene rings is 3. The van der Waals surface area contributed by atoms with Crippen LogP contribution in [-0.4, -0.2) is 6.94 Å². The summed E-state index contributed by atoms with van der Waals surface area (Å²) in [6.45, 7) is 9.83. The zero-order valence-corrected chi connectivity index (χ0v) is 28.8. The summed E-state index contributed by atoms with van der Waals surface area (Å²) in [6.07, 6.45) is 12.9. The maximum atomic E-state index is 2.93. The third-order valence-electron chi connectivity index (χ3n) is 11.3. The molecule has 0 nitrogen and oxygen atoms in total. The Bertz CT molecular complexity index is 1530. The SMILES string of the molecule is CCC[CH2][Hf]([CH3])([CH3])(=[SiH2])([CH2]CCC)([CH]1C=Cc2c(-c3ccccc3)cccc21)[CH]1C(C)=Cc2ccccc21. The first-order chi connectivity index (χ1) is 17.5. The van der Waals surface area contributed by atoms with Crippen LogP contribution in [0.15, 0.2) is 84.4 Å². The van der Waals surface area contributed by atoms with Crippen LogP contribution in [0, 0.1) is 0 Å². The zero-order valence-electron chi connectivity index (χ0n) is 23.8. The fraction of sp³-hybridized carbons (Fsp3) is 0.371. The molecule has 0 spiro atoms. The van der Waals surface area contributed by atoms with Gasteiger partial charge in [-0.15, -0.1) is 0 Å². The van der Waals surface area contributed by atoms with Gasteiger partial charge in [-0.3, -0.25) is 0 Å². The molecule has 0 heterocycles. The first kappa shape index (κ1) is 26.8. The van der Waals surface area contributed by atoms with Crippen LogP contribution >= 0.6 is 0 Å². The van der Waals surface area contributed by atoms with Crippen molar-refractivity contribution in [1.29, 1.82) is 0 Å². The van der Waals surface area contributed by atoms with Gasteiger partial charge in [0.2, 0.25) is 0 Å². The van der Waals surface area contributed by atoms with Gasteiger partial charge in [-0.2, -0.15) is 0 Å². The van der Waals surface area contributed by atoms with Crippen LogP contribution in [-0.2, 0) is 14.2 Å². The standard InChI is InChI=1S/C15H11.C10H9.2C4H9.2CH3.Hf.H2Si/c1-2-6-12(7-3-1)14-10-4-8-13-9-5-11-15(13)14;1-8-6-9-4-2-3-5-10(9)7-8;2*1-3-4-2;;;;/h1-11H;2-7H,1H3;2*1,3-4H2,2H3;2*1H3;;1H2. The summed E-state index contributed by atoms with van der Waals surface area (Å²) in [5.74, 6) is 0. The van der Waals surface area contributed by atoms with Gasteiger partial charge in [-0.25, -0.2) is 0 Å². The van der Waals surface area contributed by atoms with Crippen LogP contribution in [0.4, 0.5) is 0 Å². The summed E-state index contributed by atoms with van der Waals surface area (Å²) >= 11 is -4.91. The van der Waals surface area contributed by atoms with Crippen LogP contribution in [0.1, 0.15) is 76.1 Å². The minimum atomic E-state index is -4.91. The Balaban J connectivity index is 1.86. The molecule has 194 valence electrons. The molecule has 0 radical (unpaired) electrons. The Labute approximate surface area is 221 Å². The first-order valence-corrected chi connectivity index (χ1v) is 39.4. The summed E-state index contributed by atoms with van der Waals surface area (Å²) in [7, 11) is 0. The van der Waals surface area contributed by atoms with Crippen molar-refractivity contribution in [3.05, 3.63) is 107 Å². The molecule has 2 aliphatic carbocycles. The van der Waals surface area contributed by atoms with Crippen molar-refractivity contribution in [3.8, 4) is 11.1 Å². The fourth-order valence-electron chi connectivity index (χ4n) is 9.54. The molecule has 0 saturated carbocycles. The average Bonchev–Trinajstić information content (AvgIpc) is 3.50. The molecule has 0 amide bonds. The van der Waals surface area contributed by atoms with E-state index < -0.39 is 14.2 Å². The number of unbranched alkanes of at least 4 members (excludes halogenated alkanes) is 2. The summed E-state index contributed by atoms with van der Waals surface area (Å²) in [5.41, 5.74) is 10.5. The first-order valence-electron chi connectivity index (χ1n) is 14.7. The van der Waals surface area contributed by atoms with E-state index in [0.29, 0.717) is 7.35 Å². The second-order valence-corrected chi connectivity index (χ2v) is 92.0. The van der Waals surface area contributed by atoms with Crippen molar-refractivity contribution in [2.24, 2.45) is 0 Å². The van der Waals surface area contributed by atoms with Gasteiger partial charge in [0, 0.05) is 0 Å². The van der Waals surface area contributed by atoms with Gasteiger partial charge in [0.15, 0.2) is 0 Å². The predicted molar refractivity (Wildman–Crippen MR) is 166 cm³/mol. The normalized spacial score (nSPS) is 21.3. The summed E-state index contributed by atoms with van der Waals surface area (Å²) in [6, 6.07) is 27.5. The molecule has 0 bridgehead atoms. The molecule has 0 saturated heterocycles. The minimum absolute atomic E-state index is 0.499. The molecule has 2 unspecified atom stereocenters. The van der Waals surface area contributed by atoms with Crippen LogP contribution in [0.5, 0.6) is 0 Å². The Morgan fingerprint density at radius 1 is 0.757 bits per heavy atom. The number of allylic oxidation sites excluding steroid dienone is 2. The van der Waals surface area contributed by atoms with E-state index in [1.54, 1.807) is 16.7 Å². The van der Waals surface area contributed by atoms with E-state index in [0.717, 1.165) is 0 Å². The van der Waals surface area contributed by atoms with E-state index in [1.165, 1.54) is 56.3 Å². The van der Waals surface area contributed by atoms with Crippen molar-refractivity contribution < 1.29 is 14.2 Å². The van der Waals surface area contributed by atoms with E-state index in [4.69, 9.17) is 0 Å². The van der Waals surface area contributed by atoms with E-state index in [9.17, 15) is 0 Å². The van der Waals surface area contributed by atoms with Crippen molar-refractivity contribution in [3.63, 3.8) is 0 Å². The zero-order chi connectivity index (χ0) is 26.4. The molecule has 0 aromatic heterocycles. The molecule has 0 N–H and O–H groups in total. The molecule has 0 aliphatic heterocycles. The van der Waals surface area contributed by atoms with Gasteiger partial charge in [-0.1, -0.05) is 0 Å². The molecule has 2 heteroatoms. The van der Waals surface area contributed by atoms with Gasteiger partial charge in [-0.05, 0) is 0 Å². The molecular weight excluding hydrogens is 627 g/mol. The number of hydrogen-bond acceptors (Lipinski definition) is 0. The van der Waals surface area contributed by atoms with Gasteiger partial charge in [0.1, 0.15) is 0 Å². The second kappa shape index (κ2) is 8.36. The Morgan fingerprint density at radius 2 is 1.38 bits per heavy atom. The summed E-state index contributed by atoms with van der Waals surface area (Å²) < 4.78 is 9.66. The van der Waals surface area contributed by atoms with Gasteiger partial charge >= 0.3 is 223 Å². The third-order valence-corrected chi connectivity index (χ3v) is 67.8. The van der Waals surface area contributed by atoms with Crippen molar-refractivity contribution in [2.75, 3.05) is 0 Å². The molecule has 37 heavy (non-hydrogen) atoms. The molecule has 2 aliphatic rings. The van der Waals surface area contributed by atoms with E-state index in [2.05, 4.69) is 128 Å². The Hall–Kier alpha value is -1.77. The third kappa shape index (κ3) is 3.84. The Kier molecular flexibility index (Phi) is 6.06. The number of fused-ring (bicyclic) bond motifs is 2. The van der Waals surface area contributed by atoms with E-state index in [1.807, 2.05) is 0 Å². The monoisotopic (exact) mass is 674 g/mol. The molecule has 3 aromatic rings. The molecule has 0 fully saturated rings. The maximum absolute atomic E-state index is 4.91. The van der Waals surface area contributed by atoms with Gasteiger partial charge < -0.3 is 0 Å². The molecule has 3 aromatic carbocycles. The summed E-state index contributed by atoms with van der Waals surface area (Å²) in [5, 5.41) is 0. The topological polar surface area (TPSA) is 0 Å². The molecular formula is C35H46HfSi. The van der Waals surface area contributed by atoms with Crippen LogP contribution in [0.2, 0.25) is 17.7 Å². The van der Waals surface area contributed by atoms with Crippen molar-refractivity contribution in [1.82, 2.24) is 0 Å². The molecule has 2 atom stereocenters.